The minimum absolute atomic E-state index is 0.0790. The molecule has 2 aromatic carbocycles. The number of methoxy groups -OCH3 is 1. The van der Waals surface area contributed by atoms with E-state index in [1.165, 1.54) is 13.2 Å². The van der Waals surface area contributed by atoms with Gasteiger partial charge < -0.3 is 20.5 Å². The normalized spacial score (nSPS) is 30.6. The summed E-state index contributed by atoms with van der Waals surface area (Å²) in [6, 6.07) is 9.57. The minimum Gasteiger partial charge on any atom is -0.465 e. The standard InChI is InChI=1S/C33H39Cl2N3O5/c1-31(2)10-12-32(13-11-31)33(24-9-4-20(34)17-25(24)37-30(33)42)26(18-14-19(29(41)43-3)16-21(35)15-18)27(38-32)28(40)36-22-5-7-23(39)8-6-22/h4,9,14-17,22-23,26-27,38-39H,5-8,10-13H2,1-3H3,(H,36,40)(H,37,42)/t22?,23?,26-,27+,33+/m0/s1. The number of amides is 2. The van der Waals surface area contributed by atoms with E-state index in [1.807, 2.05) is 6.07 Å². The second-order valence-electron chi connectivity index (χ2n) is 13.6. The van der Waals surface area contributed by atoms with E-state index in [2.05, 4.69) is 29.8 Å². The van der Waals surface area contributed by atoms with Gasteiger partial charge in [-0.2, -0.15) is 0 Å². The van der Waals surface area contributed by atoms with Crippen LogP contribution in [0.2, 0.25) is 10.0 Å². The molecule has 2 aliphatic carbocycles. The first kappa shape index (κ1) is 30.4. The fourth-order valence-electron chi connectivity index (χ4n) is 8.22. The number of rotatable bonds is 4. The predicted octanol–water partition coefficient (Wildman–Crippen LogP) is 5.48. The van der Waals surface area contributed by atoms with E-state index in [-0.39, 0.29) is 34.9 Å². The molecule has 4 aliphatic rings. The molecule has 6 rings (SSSR count). The Bertz CT molecular complexity index is 1460. The number of carbonyl (C=O) groups is 3. The number of carbonyl (C=O) groups excluding carboxylic acids is 3. The molecule has 1 saturated heterocycles. The molecule has 3 atom stereocenters. The molecular weight excluding hydrogens is 589 g/mol. The zero-order valence-corrected chi connectivity index (χ0v) is 26.3. The van der Waals surface area contributed by atoms with Crippen LogP contribution < -0.4 is 16.0 Å². The molecule has 43 heavy (non-hydrogen) atoms. The Hall–Kier alpha value is -2.65. The molecule has 10 heteroatoms. The topological polar surface area (TPSA) is 117 Å². The lowest BCUT2D eigenvalue weighted by atomic mass is 9.53. The Morgan fingerprint density at radius 1 is 0.977 bits per heavy atom. The molecule has 3 fully saturated rings. The van der Waals surface area contributed by atoms with Crippen molar-refractivity contribution in [2.24, 2.45) is 5.41 Å². The summed E-state index contributed by atoms with van der Waals surface area (Å²) in [4.78, 5) is 41.8. The average Bonchev–Trinajstić information content (AvgIpc) is 3.43. The van der Waals surface area contributed by atoms with Gasteiger partial charge in [0, 0.05) is 33.2 Å². The molecule has 0 radical (unpaired) electrons. The summed E-state index contributed by atoms with van der Waals surface area (Å²) in [5, 5.41) is 21.0. The Labute approximate surface area is 262 Å². The van der Waals surface area contributed by atoms with Gasteiger partial charge in [-0.05, 0) is 98.2 Å². The Morgan fingerprint density at radius 3 is 2.35 bits per heavy atom. The minimum atomic E-state index is -1.19. The summed E-state index contributed by atoms with van der Waals surface area (Å²) in [6.07, 6.45) is 5.35. The number of aliphatic hydroxyl groups is 1. The molecule has 2 aliphatic heterocycles. The third kappa shape index (κ3) is 5.04. The zero-order valence-electron chi connectivity index (χ0n) is 24.8. The lowest BCUT2D eigenvalue weighted by Crippen LogP contribution is -2.61. The van der Waals surface area contributed by atoms with Crippen LogP contribution in [0.25, 0.3) is 0 Å². The van der Waals surface area contributed by atoms with Crippen LogP contribution in [0.1, 0.15) is 92.6 Å². The highest BCUT2D eigenvalue weighted by atomic mass is 35.5. The molecule has 2 amide bonds. The summed E-state index contributed by atoms with van der Waals surface area (Å²) in [5.41, 5.74) is 0.418. The highest BCUT2D eigenvalue weighted by Gasteiger charge is 2.72. The lowest BCUT2D eigenvalue weighted by Gasteiger charge is -2.50. The second kappa shape index (κ2) is 11.1. The van der Waals surface area contributed by atoms with Crippen LogP contribution in [0.4, 0.5) is 5.69 Å². The summed E-state index contributed by atoms with van der Waals surface area (Å²) >= 11 is 13.0. The van der Waals surface area contributed by atoms with E-state index in [0.29, 0.717) is 59.8 Å². The van der Waals surface area contributed by atoms with Crippen LogP contribution in [0, 0.1) is 5.41 Å². The van der Waals surface area contributed by atoms with Crippen molar-refractivity contribution in [2.75, 3.05) is 12.4 Å². The SMILES string of the molecule is COC(=O)c1cc(Cl)cc([C@H]2[C@H](C(=O)NC3CCC(O)CC3)NC3(CCC(C)(C)CC3)[C@@]23C(=O)Nc2cc(Cl)ccc23)c1. The van der Waals surface area contributed by atoms with Crippen molar-refractivity contribution in [1.82, 2.24) is 10.6 Å². The first-order valence-corrected chi connectivity index (χ1v) is 15.9. The van der Waals surface area contributed by atoms with E-state index in [4.69, 9.17) is 27.9 Å². The van der Waals surface area contributed by atoms with Gasteiger partial charge in [-0.15, -0.1) is 0 Å². The van der Waals surface area contributed by atoms with Gasteiger partial charge in [-0.1, -0.05) is 43.1 Å². The van der Waals surface area contributed by atoms with Gasteiger partial charge >= 0.3 is 5.97 Å². The van der Waals surface area contributed by atoms with Gasteiger partial charge in [-0.3, -0.25) is 14.9 Å². The van der Waals surface area contributed by atoms with E-state index < -0.39 is 28.9 Å². The van der Waals surface area contributed by atoms with Crippen LogP contribution in [0.15, 0.2) is 36.4 Å². The molecule has 4 N–H and O–H groups in total. The van der Waals surface area contributed by atoms with Crippen LogP contribution in [0.3, 0.4) is 0 Å². The van der Waals surface area contributed by atoms with Gasteiger partial charge in [-0.25, -0.2) is 4.79 Å². The van der Waals surface area contributed by atoms with Crippen LogP contribution in [-0.4, -0.2) is 53.7 Å². The van der Waals surface area contributed by atoms with Crippen molar-refractivity contribution in [2.45, 2.75) is 100 Å². The largest absolute Gasteiger partial charge is 0.465 e. The molecule has 0 unspecified atom stereocenters. The van der Waals surface area contributed by atoms with Crippen molar-refractivity contribution in [1.29, 1.82) is 0 Å². The number of anilines is 1. The molecule has 230 valence electrons. The van der Waals surface area contributed by atoms with E-state index in [0.717, 1.165) is 18.4 Å². The maximum Gasteiger partial charge on any atom is 0.337 e. The number of ether oxygens (including phenoxy) is 1. The first-order valence-electron chi connectivity index (χ1n) is 15.2. The number of nitrogens with one attached hydrogen (secondary N) is 3. The number of fused-ring (bicyclic) bond motifs is 3. The highest BCUT2D eigenvalue weighted by Crippen LogP contribution is 2.63. The monoisotopic (exact) mass is 627 g/mol. The van der Waals surface area contributed by atoms with Crippen molar-refractivity contribution in [3.63, 3.8) is 0 Å². The van der Waals surface area contributed by atoms with Crippen molar-refractivity contribution < 1.29 is 24.2 Å². The van der Waals surface area contributed by atoms with Gasteiger partial charge in [0.2, 0.25) is 11.8 Å². The average molecular weight is 629 g/mol. The van der Waals surface area contributed by atoms with Crippen LogP contribution in [0.5, 0.6) is 0 Å². The molecule has 0 aromatic heterocycles. The summed E-state index contributed by atoms with van der Waals surface area (Å²) in [5.74, 6) is -1.66. The van der Waals surface area contributed by atoms with Crippen molar-refractivity contribution in [3.05, 3.63) is 63.1 Å². The Kier molecular flexibility index (Phi) is 7.81. The summed E-state index contributed by atoms with van der Waals surface area (Å²) in [6.45, 7) is 4.48. The summed E-state index contributed by atoms with van der Waals surface area (Å²) in [7, 11) is 1.31. The molecule has 8 nitrogen and oxygen atoms in total. The summed E-state index contributed by atoms with van der Waals surface area (Å²) < 4.78 is 5.03. The van der Waals surface area contributed by atoms with Gasteiger partial charge in [0.25, 0.3) is 0 Å². The number of halogens is 2. The number of aliphatic hydroxyl groups excluding tert-OH is 1. The molecular formula is C33H39Cl2N3O5. The quantitative estimate of drug-likeness (QED) is 0.333. The predicted molar refractivity (Wildman–Crippen MR) is 166 cm³/mol. The smallest absolute Gasteiger partial charge is 0.337 e. The molecule has 2 aromatic rings. The number of hydrogen-bond donors (Lipinski definition) is 4. The van der Waals surface area contributed by atoms with Gasteiger partial charge in [0.05, 0.1) is 24.8 Å². The van der Waals surface area contributed by atoms with Crippen molar-refractivity contribution >= 4 is 46.7 Å². The molecule has 2 spiro atoms. The van der Waals surface area contributed by atoms with Gasteiger partial charge in [0.1, 0.15) is 5.41 Å². The molecule has 2 saturated carbocycles. The van der Waals surface area contributed by atoms with Crippen LogP contribution in [-0.2, 0) is 19.7 Å². The Morgan fingerprint density at radius 2 is 1.67 bits per heavy atom. The van der Waals surface area contributed by atoms with Crippen LogP contribution >= 0.6 is 23.2 Å². The lowest BCUT2D eigenvalue weighted by molar-refractivity contribution is -0.125. The highest BCUT2D eigenvalue weighted by molar-refractivity contribution is 6.31. The fourth-order valence-corrected chi connectivity index (χ4v) is 8.64. The number of benzene rings is 2. The maximum atomic E-state index is 14.7. The third-order valence-corrected chi connectivity index (χ3v) is 10.9. The van der Waals surface area contributed by atoms with E-state index >= 15 is 0 Å². The van der Waals surface area contributed by atoms with Crippen molar-refractivity contribution in [3.8, 4) is 0 Å². The van der Waals surface area contributed by atoms with E-state index in [9.17, 15) is 19.5 Å². The zero-order chi connectivity index (χ0) is 30.7. The van der Waals surface area contributed by atoms with E-state index in [1.54, 1.807) is 24.3 Å². The maximum absolute atomic E-state index is 14.7. The van der Waals surface area contributed by atoms with Gasteiger partial charge in [0.15, 0.2) is 0 Å². The Balaban J connectivity index is 1.55. The molecule has 2 heterocycles. The fraction of sp³-hybridized carbons (Fsp3) is 0.545. The number of esters is 1. The number of hydrogen-bond acceptors (Lipinski definition) is 6. The first-order chi connectivity index (χ1) is 20.4. The molecule has 0 bridgehead atoms. The third-order valence-electron chi connectivity index (χ3n) is 10.5. The second-order valence-corrected chi connectivity index (χ2v) is 14.4.